The van der Waals surface area contributed by atoms with Crippen molar-refractivity contribution in [2.75, 3.05) is 20.3 Å². The summed E-state index contributed by atoms with van der Waals surface area (Å²) < 4.78 is 10.6. The van der Waals surface area contributed by atoms with Gasteiger partial charge in [-0.15, -0.1) is 0 Å². The molecular weight excluding hydrogens is 226 g/mol. The molecule has 1 aromatic rings. The van der Waals surface area contributed by atoms with Gasteiger partial charge in [0.15, 0.2) is 0 Å². The van der Waals surface area contributed by atoms with Crippen molar-refractivity contribution < 1.29 is 9.47 Å². The Morgan fingerprint density at radius 1 is 1.44 bits per heavy atom. The monoisotopic (exact) mass is 243 g/mol. The van der Waals surface area contributed by atoms with Gasteiger partial charge >= 0.3 is 0 Å². The number of nitrogens with two attached hydrogens (primary N) is 1. The molecule has 0 radical (unpaired) electrons. The number of methoxy groups -OCH3 is 1. The van der Waals surface area contributed by atoms with Gasteiger partial charge in [0, 0.05) is 7.11 Å². The average Bonchev–Trinajstić information content (AvgIpc) is 2.23. The molecule has 3 nitrogen and oxygen atoms in total. The first-order chi connectivity index (χ1) is 7.67. The van der Waals surface area contributed by atoms with Gasteiger partial charge in [0.1, 0.15) is 11.9 Å². The molecule has 0 amide bonds. The number of hydrogen-bond acceptors (Lipinski definition) is 3. The zero-order valence-electron chi connectivity index (χ0n) is 9.70. The van der Waals surface area contributed by atoms with E-state index in [0.29, 0.717) is 23.9 Å². The predicted octanol–water partition coefficient (Wildman–Crippen LogP) is 2.25. The van der Waals surface area contributed by atoms with Gasteiger partial charge in [0.25, 0.3) is 0 Å². The molecule has 2 N–H and O–H groups in total. The van der Waals surface area contributed by atoms with Gasteiger partial charge in [-0.25, -0.2) is 0 Å². The molecule has 1 atom stereocenters. The van der Waals surface area contributed by atoms with E-state index in [4.69, 9.17) is 26.8 Å². The Bertz CT molecular complexity index is 331. The fourth-order valence-corrected chi connectivity index (χ4v) is 1.70. The van der Waals surface area contributed by atoms with Gasteiger partial charge in [-0.2, -0.15) is 0 Å². The van der Waals surface area contributed by atoms with E-state index in [-0.39, 0.29) is 6.10 Å². The Morgan fingerprint density at radius 2 is 2.19 bits per heavy atom. The standard InChI is InChI=1S/C12H18ClNO2/c1-9(8-15-2)16-12-4-3-10(5-6-14)7-11(12)13/h3-4,7,9H,5-6,8,14H2,1-2H3. The summed E-state index contributed by atoms with van der Waals surface area (Å²) >= 11 is 6.10. The summed E-state index contributed by atoms with van der Waals surface area (Å²) in [5.74, 6) is 0.687. The summed E-state index contributed by atoms with van der Waals surface area (Å²) in [7, 11) is 1.64. The van der Waals surface area contributed by atoms with Crippen molar-refractivity contribution in [1.82, 2.24) is 0 Å². The van der Waals surface area contributed by atoms with E-state index in [9.17, 15) is 0 Å². The lowest BCUT2D eigenvalue weighted by Gasteiger charge is -2.15. The highest BCUT2D eigenvalue weighted by molar-refractivity contribution is 6.32. The second-order valence-corrected chi connectivity index (χ2v) is 4.09. The minimum absolute atomic E-state index is 0.0112. The molecule has 0 aliphatic rings. The third-order valence-corrected chi connectivity index (χ3v) is 2.45. The zero-order chi connectivity index (χ0) is 12.0. The van der Waals surface area contributed by atoms with Crippen LogP contribution in [0.15, 0.2) is 18.2 Å². The molecule has 90 valence electrons. The lowest BCUT2D eigenvalue weighted by Crippen LogP contribution is -2.18. The van der Waals surface area contributed by atoms with E-state index >= 15 is 0 Å². The van der Waals surface area contributed by atoms with Crippen LogP contribution in [0.1, 0.15) is 12.5 Å². The highest BCUT2D eigenvalue weighted by Gasteiger charge is 2.07. The minimum atomic E-state index is -0.0112. The minimum Gasteiger partial charge on any atom is -0.487 e. The van der Waals surface area contributed by atoms with Gasteiger partial charge in [-0.3, -0.25) is 0 Å². The van der Waals surface area contributed by atoms with E-state index in [1.807, 2.05) is 25.1 Å². The second kappa shape index (κ2) is 6.74. The quantitative estimate of drug-likeness (QED) is 0.834. The normalized spacial score (nSPS) is 12.5. The molecule has 0 heterocycles. The van der Waals surface area contributed by atoms with Crippen LogP contribution in [-0.2, 0) is 11.2 Å². The fourth-order valence-electron chi connectivity index (χ4n) is 1.45. The maximum absolute atomic E-state index is 6.10. The highest BCUT2D eigenvalue weighted by atomic mass is 35.5. The third kappa shape index (κ3) is 4.00. The Morgan fingerprint density at radius 3 is 2.75 bits per heavy atom. The molecule has 0 aliphatic heterocycles. The van der Waals surface area contributed by atoms with Crippen LogP contribution >= 0.6 is 11.6 Å². The summed E-state index contributed by atoms with van der Waals surface area (Å²) in [5, 5.41) is 0.619. The Hall–Kier alpha value is -0.770. The number of rotatable bonds is 6. The molecule has 16 heavy (non-hydrogen) atoms. The molecule has 0 aromatic heterocycles. The molecule has 1 unspecified atom stereocenters. The lowest BCUT2D eigenvalue weighted by molar-refractivity contribution is 0.0921. The number of halogens is 1. The van der Waals surface area contributed by atoms with Crippen LogP contribution < -0.4 is 10.5 Å². The molecule has 0 fully saturated rings. The van der Waals surface area contributed by atoms with Gasteiger partial charge < -0.3 is 15.2 Å². The molecule has 0 saturated heterocycles. The van der Waals surface area contributed by atoms with E-state index in [0.717, 1.165) is 12.0 Å². The van der Waals surface area contributed by atoms with Crippen molar-refractivity contribution in [2.24, 2.45) is 5.73 Å². The van der Waals surface area contributed by atoms with Gasteiger partial charge in [-0.1, -0.05) is 17.7 Å². The number of hydrogen-bond donors (Lipinski definition) is 1. The van der Waals surface area contributed by atoms with Crippen LogP contribution in [0.5, 0.6) is 5.75 Å². The molecule has 0 aliphatic carbocycles. The second-order valence-electron chi connectivity index (χ2n) is 3.69. The summed E-state index contributed by atoms with van der Waals surface area (Å²) in [6.07, 6.45) is 0.816. The van der Waals surface area contributed by atoms with Crippen LogP contribution in [0.3, 0.4) is 0 Å². The van der Waals surface area contributed by atoms with Gasteiger partial charge in [0.2, 0.25) is 0 Å². The molecule has 1 rings (SSSR count). The van der Waals surface area contributed by atoms with Crippen LogP contribution in [0.4, 0.5) is 0 Å². The third-order valence-electron chi connectivity index (χ3n) is 2.16. The van der Waals surface area contributed by atoms with Crippen molar-refractivity contribution in [3.8, 4) is 5.75 Å². The van der Waals surface area contributed by atoms with Gasteiger partial charge in [0.05, 0.1) is 11.6 Å². The smallest absolute Gasteiger partial charge is 0.138 e. The topological polar surface area (TPSA) is 44.5 Å². The first kappa shape index (κ1) is 13.3. The van der Waals surface area contributed by atoms with Crippen molar-refractivity contribution in [1.29, 1.82) is 0 Å². The number of ether oxygens (including phenoxy) is 2. The molecule has 0 saturated carbocycles. The largest absolute Gasteiger partial charge is 0.487 e. The van der Waals surface area contributed by atoms with Crippen molar-refractivity contribution in [2.45, 2.75) is 19.4 Å². The predicted molar refractivity (Wildman–Crippen MR) is 66.2 cm³/mol. The first-order valence-corrected chi connectivity index (χ1v) is 5.69. The highest BCUT2D eigenvalue weighted by Crippen LogP contribution is 2.26. The van der Waals surface area contributed by atoms with Gasteiger partial charge in [-0.05, 0) is 37.6 Å². The van der Waals surface area contributed by atoms with Crippen LogP contribution in [0.2, 0.25) is 5.02 Å². The summed E-state index contributed by atoms with van der Waals surface area (Å²) in [6, 6.07) is 5.75. The Kier molecular flexibility index (Phi) is 5.60. The van der Waals surface area contributed by atoms with E-state index < -0.39 is 0 Å². The van der Waals surface area contributed by atoms with Crippen LogP contribution in [0.25, 0.3) is 0 Å². The van der Waals surface area contributed by atoms with E-state index in [1.165, 1.54) is 0 Å². The summed E-state index contributed by atoms with van der Waals surface area (Å²) in [6.45, 7) is 3.10. The Labute approximate surface area is 101 Å². The zero-order valence-corrected chi connectivity index (χ0v) is 10.5. The average molecular weight is 244 g/mol. The SMILES string of the molecule is COCC(C)Oc1ccc(CCN)cc1Cl. The summed E-state index contributed by atoms with van der Waals surface area (Å²) in [4.78, 5) is 0. The van der Waals surface area contributed by atoms with Crippen molar-refractivity contribution in [3.05, 3.63) is 28.8 Å². The van der Waals surface area contributed by atoms with E-state index in [2.05, 4.69) is 0 Å². The molecule has 4 heteroatoms. The molecule has 1 aromatic carbocycles. The first-order valence-electron chi connectivity index (χ1n) is 5.31. The number of benzene rings is 1. The Balaban J connectivity index is 2.67. The molecule has 0 bridgehead atoms. The van der Waals surface area contributed by atoms with E-state index in [1.54, 1.807) is 7.11 Å². The lowest BCUT2D eigenvalue weighted by atomic mass is 10.1. The van der Waals surface area contributed by atoms with Crippen molar-refractivity contribution >= 4 is 11.6 Å². The molecular formula is C12H18ClNO2. The van der Waals surface area contributed by atoms with Crippen molar-refractivity contribution in [3.63, 3.8) is 0 Å². The van der Waals surface area contributed by atoms with Crippen LogP contribution in [-0.4, -0.2) is 26.4 Å². The molecule has 0 spiro atoms. The maximum Gasteiger partial charge on any atom is 0.138 e. The summed E-state index contributed by atoms with van der Waals surface area (Å²) in [5.41, 5.74) is 6.60. The maximum atomic E-state index is 6.10. The van der Waals surface area contributed by atoms with Crippen LogP contribution in [0, 0.1) is 0 Å². The fraction of sp³-hybridized carbons (Fsp3) is 0.500.